The van der Waals surface area contributed by atoms with Gasteiger partial charge in [0.15, 0.2) is 0 Å². The summed E-state index contributed by atoms with van der Waals surface area (Å²) >= 11 is 0. The third kappa shape index (κ3) is 4.32. The highest BCUT2D eigenvalue weighted by Gasteiger charge is 2.31. The molecule has 0 bridgehead atoms. The third-order valence-electron chi connectivity index (χ3n) is 5.64. The Morgan fingerprint density at radius 1 is 1.25 bits per heavy atom. The van der Waals surface area contributed by atoms with Gasteiger partial charge in [-0.25, -0.2) is 4.39 Å². The van der Waals surface area contributed by atoms with E-state index in [0.29, 0.717) is 12.1 Å². The van der Waals surface area contributed by atoms with Gasteiger partial charge in [0, 0.05) is 31.2 Å². The van der Waals surface area contributed by atoms with Gasteiger partial charge in [-0.15, -0.1) is 0 Å². The van der Waals surface area contributed by atoms with Crippen molar-refractivity contribution in [1.29, 1.82) is 0 Å². The molecule has 5 heteroatoms. The number of nitrogens with zero attached hydrogens (tertiary/aromatic N) is 2. The molecule has 1 aliphatic carbocycles. The summed E-state index contributed by atoms with van der Waals surface area (Å²) in [6.07, 6.45) is 8.80. The van der Waals surface area contributed by atoms with E-state index in [-0.39, 0.29) is 18.0 Å². The molecular weight excluding hydrogens is 305 g/mol. The molecule has 3 rings (SSSR count). The molecule has 4 nitrogen and oxygen atoms in total. The quantitative estimate of drug-likeness (QED) is 0.868. The largest absolute Gasteiger partial charge is 0.391 e. The number of hydrogen-bond donors (Lipinski definition) is 2. The van der Waals surface area contributed by atoms with Crippen molar-refractivity contribution in [1.82, 2.24) is 15.2 Å². The lowest BCUT2D eigenvalue weighted by atomic mass is 9.89. The van der Waals surface area contributed by atoms with Crippen molar-refractivity contribution < 1.29 is 9.50 Å². The number of halogens is 1. The van der Waals surface area contributed by atoms with Crippen LogP contribution in [0.25, 0.3) is 0 Å². The normalized spacial score (nSPS) is 28.0. The van der Waals surface area contributed by atoms with Gasteiger partial charge in [-0.05, 0) is 44.2 Å². The molecule has 2 N–H and O–H groups in total. The van der Waals surface area contributed by atoms with Crippen LogP contribution in [0.15, 0.2) is 18.3 Å². The highest BCUT2D eigenvalue weighted by molar-refractivity contribution is 5.10. The molecule has 0 spiro atoms. The Morgan fingerprint density at radius 3 is 2.62 bits per heavy atom. The van der Waals surface area contributed by atoms with Crippen LogP contribution in [0.4, 0.5) is 4.39 Å². The maximum absolute atomic E-state index is 13.1. The fourth-order valence-corrected chi connectivity index (χ4v) is 4.21. The molecule has 3 atom stereocenters. The average Bonchev–Trinajstić information content (AvgIpc) is 2.62. The van der Waals surface area contributed by atoms with E-state index in [1.165, 1.54) is 25.1 Å². The number of likely N-dealkylation sites (tertiary alicyclic amines) is 1. The number of hydrogen-bond acceptors (Lipinski definition) is 4. The second-order valence-electron chi connectivity index (χ2n) is 7.26. The fourth-order valence-electron chi connectivity index (χ4n) is 4.21. The highest BCUT2D eigenvalue weighted by Crippen LogP contribution is 2.27. The summed E-state index contributed by atoms with van der Waals surface area (Å²) in [6, 6.07) is 4.28. The molecule has 2 heterocycles. The van der Waals surface area contributed by atoms with E-state index in [2.05, 4.69) is 22.1 Å². The van der Waals surface area contributed by atoms with Crippen molar-refractivity contribution in [3.63, 3.8) is 0 Å². The van der Waals surface area contributed by atoms with Crippen LogP contribution < -0.4 is 5.32 Å². The Hall–Kier alpha value is -1.04. The smallest absolute Gasteiger partial charge is 0.141 e. The lowest BCUT2D eigenvalue weighted by molar-refractivity contribution is 0.00654. The van der Waals surface area contributed by atoms with E-state index in [4.69, 9.17) is 0 Å². The number of aliphatic hydroxyl groups excluding tert-OH is 1. The summed E-state index contributed by atoms with van der Waals surface area (Å²) < 4.78 is 13.1. The second kappa shape index (κ2) is 8.37. The van der Waals surface area contributed by atoms with Gasteiger partial charge >= 0.3 is 0 Å². The van der Waals surface area contributed by atoms with Crippen molar-refractivity contribution in [2.24, 2.45) is 0 Å². The lowest BCUT2D eigenvalue weighted by Gasteiger charge is -2.42. The second-order valence-corrected chi connectivity index (χ2v) is 7.26. The first-order chi connectivity index (χ1) is 11.7. The van der Waals surface area contributed by atoms with Crippen molar-refractivity contribution in [2.45, 2.75) is 76.1 Å². The summed E-state index contributed by atoms with van der Waals surface area (Å²) in [4.78, 5) is 6.72. The first kappa shape index (κ1) is 17.8. The van der Waals surface area contributed by atoms with Gasteiger partial charge in [-0.3, -0.25) is 9.88 Å². The highest BCUT2D eigenvalue weighted by atomic mass is 19.1. The summed E-state index contributed by atoms with van der Waals surface area (Å²) in [5.74, 6) is -0.284. The molecule has 2 aliphatic rings. The van der Waals surface area contributed by atoms with Gasteiger partial charge in [-0.2, -0.15) is 0 Å². The van der Waals surface area contributed by atoms with Gasteiger partial charge in [0.1, 0.15) is 5.82 Å². The molecule has 0 aromatic carbocycles. The number of aliphatic hydroxyl groups is 1. The minimum Gasteiger partial charge on any atom is -0.391 e. The van der Waals surface area contributed by atoms with Gasteiger partial charge < -0.3 is 10.4 Å². The molecule has 1 saturated heterocycles. The van der Waals surface area contributed by atoms with E-state index in [9.17, 15) is 9.50 Å². The summed E-state index contributed by atoms with van der Waals surface area (Å²) in [7, 11) is 0. The topological polar surface area (TPSA) is 48.4 Å². The summed E-state index contributed by atoms with van der Waals surface area (Å²) in [5.41, 5.74) is 0.920. The zero-order valence-corrected chi connectivity index (χ0v) is 14.6. The first-order valence-electron chi connectivity index (χ1n) is 9.47. The van der Waals surface area contributed by atoms with Crippen LogP contribution in [0.1, 0.15) is 63.6 Å². The van der Waals surface area contributed by atoms with Crippen molar-refractivity contribution in [3.8, 4) is 0 Å². The molecule has 1 saturated carbocycles. The lowest BCUT2D eigenvalue weighted by Crippen LogP contribution is -2.51. The van der Waals surface area contributed by atoms with Crippen LogP contribution in [0.5, 0.6) is 0 Å². The van der Waals surface area contributed by atoms with Crippen LogP contribution in [0.2, 0.25) is 0 Å². The average molecular weight is 335 g/mol. The molecule has 0 amide bonds. The molecule has 1 aromatic heterocycles. The monoisotopic (exact) mass is 335 g/mol. The zero-order valence-electron chi connectivity index (χ0n) is 14.6. The Balaban J connectivity index is 1.51. The zero-order chi connectivity index (χ0) is 16.9. The van der Waals surface area contributed by atoms with E-state index >= 15 is 0 Å². The third-order valence-corrected chi connectivity index (χ3v) is 5.64. The number of aromatic nitrogens is 1. The predicted molar refractivity (Wildman–Crippen MR) is 93.2 cm³/mol. The Kier molecular flexibility index (Phi) is 6.19. The fraction of sp³-hybridized carbons (Fsp3) is 0.737. The minimum atomic E-state index is -0.284. The molecule has 1 aromatic rings. The predicted octanol–water partition coefficient (Wildman–Crippen LogP) is 3.03. The van der Waals surface area contributed by atoms with Gasteiger partial charge in [0.2, 0.25) is 0 Å². The number of nitrogens with one attached hydrogen (secondary N) is 1. The first-order valence-corrected chi connectivity index (χ1v) is 9.47. The molecule has 3 unspecified atom stereocenters. The van der Waals surface area contributed by atoms with Gasteiger partial charge in [0.25, 0.3) is 0 Å². The molecule has 24 heavy (non-hydrogen) atoms. The maximum Gasteiger partial charge on any atom is 0.141 e. The van der Waals surface area contributed by atoms with Crippen LogP contribution in [-0.2, 0) is 0 Å². The van der Waals surface area contributed by atoms with Crippen LogP contribution in [0.3, 0.4) is 0 Å². The maximum atomic E-state index is 13.1. The molecule has 134 valence electrons. The SMILES string of the molecule is CCC(NC1CCN(C2CCCCC2O)CC1)c1ccc(F)cn1. The standard InChI is InChI=1S/C19H30FN3O/c1-2-16(17-8-7-14(20)13-21-17)22-15-9-11-23(12-10-15)18-5-3-4-6-19(18)24/h7-8,13,15-16,18-19,22,24H,2-6,9-12H2,1H3. The Bertz CT molecular complexity index is 502. The van der Waals surface area contributed by atoms with Crippen molar-refractivity contribution >= 4 is 0 Å². The van der Waals surface area contributed by atoms with E-state index in [0.717, 1.165) is 50.9 Å². The Labute approximate surface area is 144 Å². The van der Waals surface area contributed by atoms with Crippen LogP contribution in [-0.4, -0.2) is 46.3 Å². The van der Waals surface area contributed by atoms with Crippen molar-refractivity contribution in [3.05, 3.63) is 29.8 Å². The van der Waals surface area contributed by atoms with E-state index in [1.54, 1.807) is 6.07 Å². The van der Waals surface area contributed by atoms with Crippen LogP contribution in [0, 0.1) is 5.82 Å². The minimum absolute atomic E-state index is 0.143. The molecule has 1 aliphatic heterocycles. The molecular formula is C19H30FN3O. The molecule has 0 radical (unpaired) electrons. The van der Waals surface area contributed by atoms with Crippen molar-refractivity contribution in [2.75, 3.05) is 13.1 Å². The number of pyridine rings is 1. The van der Waals surface area contributed by atoms with Gasteiger partial charge in [-0.1, -0.05) is 19.8 Å². The van der Waals surface area contributed by atoms with E-state index < -0.39 is 0 Å². The summed E-state index contributed by atoms with van der Waals surface area (Å²) in [6.45, 7) is 4.23. The van der Waals surface area contributed by atoms with Crippen LogP contribution >= 0.6 is 0 Å². The molecule has 2 fully saturated rings. The Morgan fingerprint density at radius 2 is 2.00 bits per heavy atom. The van der Waals surface area contributed by atoms with Gasteiger partial charge in [0.05, 0.1) is 18.0 Å². The number of piperidine rings is 1. The van der Waals surface area contributed by atoms with E-state index in [1.807, 2.05) is 0 Å². The number of rotatable bonds is 5. The summed E-state index contributed by atoms with van der Waals surface area (Å²) in [5, 5.41) is 13.9.